The van der Waals surface area contributed by atoms with Crippen LogP contribution in [0.5, 0.6) is 0 Å². The molecule has 0 saturated carbocycles. The van der Waals surface area contributed by atoms with E-state index in [1.165, 1.54) is 11.4 Å². The van der Waals surface area contributed by atoms with Crippen LogP contribution in [0.3, 0.4) is 0 Å². The number of likely N-dealkylation sites (N-methyl/N-ethyl adjacent to an activating group) is 1. The van der Waals surface area contributed by atoms with Gasteiger partial charge in [-0.3, -0.25) is 0 Å². The molecular formula is C15H19N5. The molecule has 5 heteroatoms. The van der Waals surface area contributed by atoms with E-state index in [-0.39, 0.29) is 0 Å². The molecule has 1 aliphatic heterocycles. The zero-order valence-corrected chi connectivity index (χ0v) is 11.9. The first kappa shape index (κ1) is 12.7. The van der Waals surface area contributed by atoms with Gasteiger partial charge in [0, 0.05) is 25.7 Å². The molecule has 1 aliphatic rings. The molecule has 1 aromatic carbocycles. The van der Waals surface area contributed by atoms with Crippen LogP contribution in [0.2, 0.25) is 0 Å². The first-order chi connectivity index (χ1) is 9.72. The van der Waals surface area contributed by atoms with Gasteiger partial charge in [-0.15, -0.1) is 0 Å². The highest BCUT2D eigenvalue weighted by atomic mass is 15.3. The fourth-order valence-electron chi connectivity index (χ4n) is 2.71. The minimum absolute atomic E-state index is 0.578. The van der Waals surface area contributed by atoms with Crippen LogP contribution in [-0.2, 0) is 6.42 Å². The molecule has 20 heavy (non-hydrogen) atoms. The van der Waals surface area contributed by atoms with Crippen molar-refractivity contribution in [2.75, 3.05) is 35.7 Å². The van der Waals surface area contributed by atoms with E-state index in [1.807, 2.05) is 0 Å². The van der Waals surface area contributed by atoms with Crippen LogP contribution in [0.25, 0.3) is 0 Å². The molecule has 0 fully saturated rings. The highest BCUT2D eigenvalue weighted by molar-refractivity contribution is 5.79. The molecule has 0 amide bonds. The average molecular weight is 269 g/mol. The Morgan fingerprint density at radius 3 is 2.65 bits per heavy atom. The van der Waals surface area contributed by atoms with Gasteiger partial charge in [-0.05, 0) is 18.6 Å². The maximum atomic E-state index is 6.00. The smallest absolute Gasteiger partial charge is 0.141 e. The molecular weight excluding hydrogens is 250 g/mol. The molecule has 0 aliphatic carbocycles. The number of anilines is 4. The van der Waals surface area contributed by atoms with E-state index < -0.39 is 0 Å². The highest BCUT2D eigenvalue weighted by Gasteiger charge is 2.24. The number of nitrogens with two attached hydrogens (primary N) is 1. The van der Waals surface area contributed by atoms with Gasteiger partial charge < -0.3 is 15.5 Å². The Hall–Kier alpha value is -2.30. The Morgan fingerprint density at radius 2 is 1.90 bits per heavy atom. The summed E-state index contributed by atoms with van der Waals surface area (Å²) in [5, 5.41) is 0. The van der Waals surface area contributed by atoms with Gasteiger partial charge in [0.15, 0.2) is 0 Å². The van der Waals surface area contributed by atoms with Crippen LogP contribution in [-0.4, -0.2) is 30.1 Å². The summed E-state index contributed by atoms with van der Waals surface area (Å²) in [5.41, 5.74) is 9.41. The largest absolute Gasteiger partial charge is 0.383 e. The van der Waals surface area contributed by atoms with Gasteiger partial charge in [-0.2, -0.15) is 0 Å². The summed E-state index contributed by atoms with van der Waals surface area (Å²) in [6.45, 7) is 3.95. The second-order valence-corrected chi connectivity index (χ2v) is 4.98. The third-order valence-electron chi connectivity index (χ3n) is 3.81. The Balaban J connectivity index is 2.13. The second kappa shape index (κ2) is 5.00. The quantitative estimate of drug-likeness (QED) is 0.905. The Morgan fingerprint density at radius 1 is 1.15 bits per heavy atom. The zero-order chi connectivity index (χ0) is 14.1. The van der Waals surface area contributed by atoms with E-state index in [1.54, 1.807) is 6.33 Å². The van der Waals surface area contributed by atoms with Crippen LogP contribution < -0.4 is 15.5 Å². The zero-order valence-electron chi connectivity index (χ0n) is 11.9. The van der Waals surface area contributed by atoms with Crippen molar-refractivity contribution in [2.24, 2.45) is 0 Å². The molecule has 5 nitrogen and oxygen atoms in total. The molecule has 0 radical (unpaired) electrons. The van der Waals surface area contributed by atoms with Crippen LogP contribution >= 0.6 is 0 Å². The number of nitrogens with zero attached hydrogens (tertiary/aromatic N) is 4. The minimum Gasteiger partial charge on any atom is -0.383 e. The summed E-state index contributed by atoms with van der Waals surface area (Å²) in [6.07, 6.45) is 2.38. The van der Waals surface area contributed by atoms with Crippen molar-refractivity contribution in [3.8, 4) is 0 Å². The van der Waals surface area contributed by atoms with Gasteiger partial charge in [-0.25, -0.2) is 9.97 Å². The molecule has 3 rings (SSSR count). The van der Waals surface area contributed by atoms with Crippen LogP contribution in [0.4, 0.5) is 23.0 Å². The van der Waals surface area contributed by atoms with Gasteiger partial charge in [0.05, 0.1) is 11.4 Å². The molecule has 0 spiro atoms. The van der Waals surface area contributed by atoms with E-state index in [9.17, 15) is 0 Å². The van der Waals surface area contributed by atoms with Crippen molar-refractivity contribution >= 4 is 23.0 Å². The summed E-state index contributed by atoms with van der Waals surface area (Å²) >= 11 is 0. The van der Waals surface area contributed by atoms with E-state index in [0.717, 1.165) is 30.9 Å². The summed E-state index contributed by atoms with van der Waals surface area (Å²) in [5.74, 6) is 1.51. The van der Waals surface area contributed by atoms with E-state index in [0.29, 0.717) is 5.82 Å². The van der Waals surface area contributed by atoms with E-state index in [4.69, 9.17) is 5.73 Å². The third-order valence-corrected chi connectivity index (χ3v) is 3.81. The third kappa shape index (κ3) is 1.95. The standard InChI is InChI=1S/C15H19N5/c1-3-11-14(16)17-10-18-15(11)20-9-8-19(2)12-6-4-5-7-13(12)20/h4-7,10H,3,8-9H2,1-2H3,(H2,16,17,18). The number of hydrogen-bond donors (Lipinski definition) is 1. The van der Waals surface area contributed by atoms with E-state index in [2.05, 4.69) is 58.0 Å². The van der Waals surface area contributed by atoms with Crippen molar-refractivity contribution in [1.82, 2.24) is 9.97 Å². The lowest BCUT2D eigenvalue weighted by Crippen LogP contribution is -2.37. The maximum Gasteiger partial charge on any atom is 0.141 e. The highest BCUT2D eigenvalue weighted by Crippen LogP contribution is 2.37. The van der Waals surface area contributed by atoms with Gasteiger partial charge in [0.25, 0.3) is 0 Å². The van der Waals surface area contributed by atoms with Gasteiger partial charge in [-0.1, -0.05) is 19.1 Å². The normalized spacial score (nSPS) is 14.3. The van der Waals surface area contributed by atoms with E-state index >= 15 is 0 Å². The van der Waals surface area contributed by atoms with Crippen molar-refractivity contribution in [3.05, 3.63) is 36.2 Å². The average Bonchev–Trinajstić information content (AvgIpc) is 2.48. The number of rotatable bonds is 2. The topological polar surface area (TPSA) is 58.3 Å². The molecule has 2 heterocycles. The molecule has 2 N–H and O–H groups in total. The number of benzene rings is 1. The number of hydrogen-bond acceptors (Lipinski definition) is 5. The monoisotopic (exact) mass is 269 g/mol. The van der Waals surface area contributed by atoms with Crippen molar-refractivity contribution < 1.29 is 0 Å². The molecule has 2 aromatic rings. The molecule has 0 saturated heterocycles. The molecule has 1 aromatic heterocycles. The first-order valence-electron chi connectivity index (χ1n) is 6.89. The lowest BCUT2D eigenvalue weighted by molar-refractivity contribution is 0.806. The van der Waals surface area contributed by atoms with Crippen molar-refractivity contribution in [2.45, 2.75) is 13.3 Å². The number of fused-ring (bicyclic) bond motifs is 1. The summed E-state index contributed by atoms with van der Waals surface area (Å²) in [7, 11) is 2.12. The van der Waals surface area contributed by atoms with Gasteiger partial charge in [0.2, 0.25) is 0 Å². The fourth-order valence-corrected chi connectivity index (χ4v) is 2.71. The predicted molar refractivity (Wildman–Crippen MR) is 82.5 cm³/mol. The molecule has 0 unspecified atom stereocenters. The first-order valence-corrected chi connectivity index (χ1v) is 6.89. The summed E-state index contributed by atoms with van der Waals surface area (Å²) in [4.78, 5) is 13.1. The minimum atomic E-state index is 0.578. The van der Waals surface area contributed by atoms with Crippen LogP contribution in [0, 0.1) is 0 Å². The summed E-state index contributed by atoms with van der Waals surface area (Å²) < 4.78 is 0. The summed E-state index contributed by atoms with van der Waals surface area (Å²) in [6, 6.07) is 8.38. The van der Waals surface area contributed by atoms with Gasteiger partial charge >= 0.3 is 0 Å². The predicted octanol–water partition coefficient (Wildman–Crippen LogP) is 2.21. The number of aromatic nitrogens is 2. The fraction of sp³-hybridized carbons (Fsp3) is 0.333. The number of nitrogen functional groups attached to an aromatic ring is 1. The Labute approximate surface area is 119 Å². The van der Waals surface area contributed by atoms with Crippen molar-refractivity contribution in [1.29, 1.82) is 0 Å². The van der Waals surface area contributed by atoms with Crippen LogP contribution in [0.15, 0.2) is 30.6 Å². The molecule has 0 bridgehead atoms. The lowest BCUT2D eigenvalue weighted by Gasteiger charge is -2.37. The Kier molecular flexibility index (Phi) is 3.18. The number of para-hydroxylation sites is 2. The molecule has 0 atom stereocenters. The molecule has 104 valence electrons. The van der Waals surface area contributed by atoms with Gasteiger partial charge in [0.1, 0.15) is 18.0 Å². The SMILES string of the molecule is CCc1c(N)ncnc1N1CCN(C)c2ccccc21. The lowest BCUT2D eigenvalue weighted by atomic mass is 10.1. The second-order valence-electron chi connectivity index (χ2n) is 4.98. The maximum absolute atomic E-state index is 6.00. The Bertz CT molecular complexity index is 625. The van der Waals surface area contributed by atoms with Crippen molar-refractivity contribution in [3.63, 3.8) is 0 Å². The van der Waals surface area contributed by atoms with Crippen LogP contribution in [0.1, 0.15) is 12.5 Å².